The molecule has 142 valence electrons. The van der Waals surface area contributed by atoms with E-state index in [1.54, 1.807) is 6.92 Å². The summed E-state index contributed by atoms with van der Waals surface area (Å²) in [6, 6.07) is 10.3. The van der Waals surface area contributed by atoms with Gasteiger partial charge in [-0.1, -0.05) is 18.2 Å². The molecule has 2 aromatic rings. The Bertz CT molecular complexity index is 818. The Hall–Kier alpha value is -3.29. The maximum absolute atomic E-state index is 12.4. The number of nitrogens with one attached hydrogen (secondary N) is 3. The Kier molecular flexibility index (Phi) is 5.75. The number of hydrazine groups is 1. The number of piperidine rings is 1. The van der Waals surface area contributed by atoms with Gasteiger partial charge in [0.25, 0.3) is 5.91 Å². The summed E-state index contributed by atoms with van der Waals surface area (Å²) in [7, 11) is 0. The number of benzene rings is 1. The summed E-state index contributed by atoms with van der Waals surface area (Å²) < 4.78 is 5.07. The Balaban J connectivity index is 1.51. The number of hydrogen-bond donors (Lipinski definition) is 3. The first-order valence-electron chi connectivity index (χ1n) is 8.80. The van der Waals surface area contributed by atoms with Gasteiger partial charge in [-0.25, -0.2) is 10.2 Å². The third-order valence-corrected chi connectivity index (χ3v) is 4.51. The number of carbonyl (C=O) groups excluding carboxylic acids is 3. The number of likely N-dealkylation sites (tertiary alicyclic amines) is 1. The molecule has 0 unspecified atom stereocenters. The van der Waals surface area contributed by atoms with Crippen LogP contribution in [0.5, 0.6) is 0 Å². The van der Waals surface area contributed by atoms with Gasteiger partial charge in [0.2, 0.25) is 5.91 Å². The molecule has 8 nitrogen and oxygen atoms in total. The quantitative estimate of drug-likeness (QED) is 0.721. The molecular formula is C19H22N4O4. The van der Waals surface area contributed by atoms with Crippen LogP contribution in [0.1, 0.15) is 29.0 Å². The predicted octanol–water partition coefficient (Wildman–Crippen LogP) is 2.29. The molecule has 1 saturated heterocycles. The van der Waals surface area contributed by atoms with E-state index in [1.165, 1.54) is 17.2 Å². The fourth-order valence-electron chi connectivity index (χ4n) is 3.02. The number of amides is 4. The molecule has 1 aliphatic heterocycles. The number of para-hydroxylation sites is 1. The molecule has 0 spiro atoms. The predicted molar refractivity (Wildman–Crippen MR) is 98.8 cm³/mol. The van der Waals surface area contributed by atoms with Crippen molar-refractivity contribution < 1.29 is 18.8 Å². The molecule has 0 bridgehead atoms. The van der Waals surface area contributed by atoms with Gasteiger partial charge in [-0.2, -0.15) is 0 Å². The molecular weight excluding hydrogens is 348 g/mol. The molecule has 1 fully saturated rings. The van der Waals surface area contributed by atoms with Crippen LogP contribution >= 0.6 is 0 Å². The molecule has 3 rings (SSSR count). The lowest BCUT2D eigenvalue weighted by Gasteiger charge is -2.32. The van der Waals surface area contributed by atoms with Crippen molar-refractivity contribution in [2.45, 2.75) is 19.8 Å². The molecule has 1 aromatic heterocycles. The summed E-state index contributed by atoms with van der Waals surface area (Å²) in [6.45, 7) is 2.49. The van der Waals surface area contributed by atoms with E-state index in [0.29, 0.717) is 30.8 Å². The van der Waals surface area contributed by atoms with Crippen molar-refractivity contribution in [3.05, 3.63) is 54.0 Å². The van der Waals surface area contributed by atoms with Crippen LogP contribution in [0.25, 0.3) is 0 Å². The normalized spacial score (nSPS) is 16.5. The molecule has 0 aliphatic carbocycles. The number of rotatable bonds is 3. The van der Waals surface area contributed by atoms with Crippen molar-refractivity contribution in [1.29, 1.82) is 0 Å². The fraction of sp³-hybridized carbons (Fsp3) is 0.316. The SMILES string of the molecule is Cc1occc1C(=O)NNC(=O)N1CCC[C@H](C(=O)Nc2ccccc2)C1. The number of anilines is 1. The third-order valence-electron chi connectivity index (χ3n) is 4.51. The molecule has 27 heavy (non-hydrogen) atoms. The minimum Gasteiger partial charge on any atom is -0.469 e. The summed E-state index contributed by atoms with van der Waals surface area (Å²) in [5, 5.41) is 2.87. The monoisotopic (exact) mass is 370 g/mol. The number of furan rings is 1. The second-order valence-corrected chi connectivity index (χ2v) is 6.42. The van der Waals surface area contributed by atoms with Gasteiger partial charge in [0.15, 0.2) is 0 Å². The highest BCUT2D eigenvalue weighted by Gasteiger charge is 2.28. The van der Waals surface area contributed by atoms with Crippen molar-refractivity contribution in [3.63, 3.8) is 0 Å². The molecule has 0 saturated carbocycles. The lowest BCUT2D eigenvalue weighted by molar-refractivity contribution is -0.121. The zero-order chi connectivity index (χ0) is 19.2. The Morgan fingerprint density at radius 3 is 2.59 bits per heavy atom. The maximum Gasteiger partial charge on any atom is 0.336 e. The van der Waals surface area contributed by atoms with Crippen LogP contribution in [-0.2, 0) is 4.79 Å². The Morgan fingerprint density at radius 2 is 1.89 bits per heavy atom. The van der Waals surface area contributed by atoms with Gasteiger partial charge in [-0.15, -0.1) is 0 Å². The van der Waals surface area contributed by atoms with Crippen molar-refractivity contribution in [2.24, 2.45) is 5.92 Å². The first kappa shape index (κ1) is 18.5. The Labute approximate surface area is 156 Å². The zero-order valence-electron chi connectivity index (χ0n) is 15.0. The number of nitrogens with zero attached hydrogens (tertiary/aromatic N) is 1. The molecule has 1 atom stereocenters. The van der Waals surface area contributed by atoms with Crippen molar-refractivity contribution in [3.8, 4) is 0 Å². The molecule has 1 aromatic carbocycles. The third kappa shape index (κ3) is 4.66. The van der Waals surface area contributed by atoms with Crippen molar-refractivity contribution in [2.75, 3.05) is 18.4 Å². The highest BCUT2D eigenvalue weighted by Crippen LogP contribution is 2.19. The summed E-state index contributed by atoms with van der Waals surface area (Å²) in [6.07, 6.45) is 2.84. The number of aryl methyl sites for hydroxylation is 1. The van der Waals surface area contributed by atoms with Gasteiger partial charge in [0.05, 0.1) is 17.7 Å². The van der Waals surface area contributed by atoms with E-state index >= 15 is 0 Å². The van der Waals surface area contributed by atoms with Crippen LogP contribution in [0.2, 0.25) is 0 Å². The molecule has 4 amide bonds. The highest BCUT2D eigenvalue weighted by molar-refractivity contribution is 5.96. The minimum atomic E-state index is -0.454. The summed E-state index contributed by atoms with van der Waals surface area (Å²) >= 11 is 0. The molecule has 1 aliphatic rings. The molecule has 8 heteroatoms. The molecule has 0 radical (unpaired) electrons. The smallest absolute Gasteiger partial charge is 0.336 e. The summed E-state index contributed by atoms with van der Waals surface area (Å²) in [5.74, 6) is -0.393. The maximum atomic E-state index is 12.4. The average Bonchev–Trinajstić information content (AvgIpc) is 3.12. The van der Waals surface area contributed by atoms with E-state index in [4.69, 9.17) is 4.42 Å². The topological polar surface area (TPSA) is 104 Å². The van der Waals surface area contributed by atoms with E-state index < -0.39 is 11.9 Å². The van der Waals surface area contributed by atoms with E-state index in [0.717, 1.165) is 12.1 Å². The van der Waals surface area contributed by atoms with Gasteiger partial charge in [0.1, 0.15) is 5.76 Å². The zero-order valence-corrected chi connectivity index (χ0v) is 15.0. The largest absolute Gasteiger partial charge is 0.469 e. The molecule has 2 heterocycles. The van der Waals surface area contributed by atoms with E-state index in [-0.39, 0.29) is 11.8 Å². The minimum absolute atomic E-state index is 0.114. The van der Waals surface area contributed by atoms with Gasteiger partial charge in [0, 0.05) is 18.8 Å². The second-order valence-electron chi connectivity index (χ2n) is 6.42. The second kappa shape index (κ2) is 8.39. The standard InChI is InChI=1S/C19H22N4O4/c1-13-16(9-11-27-13)18(25)21-22-19(26)23-10-5-6-14(12-23)17(24)20-15-7-3-2-4-8-15/h2-4,7-9,11,14H,5-6,10,12H2,1H3,(H,20,24)(H,21,25)(H,22,26)/t14-/m0/s1. The molecule has 3 N–H and O–H groups in total. The first-order valence-corrected chi connectivity index (χ1v) is 8.80. The number of hydrogen-bond acceptors (Lipinski definition) is 4. The number of urea groups is 1. The van der Waals surface area contributed by atoms with Crippen LogP contribution in [0, 0.1) is 12.8 Å². The van der Waals surface area contributed by atoms with Crippen molar-refractivity contribution in [1.82, 2.24) is 15.8 Å². The number of carbonyl (C=O) groups is 3. The summed E-state index contributed by atoms with van der Waals surface area (Å²) in [4.78, 5) is 38.3. The van der Waals surface area contributed by atoms with Gasteiger partial charge < -0.3 is 14.6 Å². The van der Waals surface area contributed by atoms with Crippen LogP contribution in [-0.4, -0.2) is 35.8 Å². The van der Waals surface area contributed by atoms with Crippen LogP contribution in [0.4, 0.5) is 10.5 Å². The van der Waals surface area contributed by atoms with Crippen LogP contribution < -0.4 is 16.2 Å². The van der Waals surface area contributed by atoms with Crippen molar-refractivity contribution >= 4 is 23.5 Å². The van der Waals surface area contributed by atoms with E-state index in [1.807, 2.05) is 30.3 Å². The van der Waals surface area contributed by atoms with Crippen LogP contribution in [0.3, 0.4) is 0 Å². The lowest BCUT2D eigenvalue weighted by Crippen LogP contribution is -2.52. The van der Waals surface area contributed by atoms with Gasteiger partial charge >= 0.3 is 6.03 Å². The van der Waals surface area contributed by atoms with Gasteiger partial charge in [-0.3, -0.25) is 15.0 Å². The van der Waals surface area contributed by atoms with E-state index in [9.17, 15) is 14.4 Å². The lowest BCUT2D eigenvalue weighted by atomic mass is 9.97. The average molecular weight is 370 g/mol. The Morgan fingerprint density at radius 1 is 1.11 bits per heavy atom. The van der Waals surface area contributed by atoms with E-state index in [2.05, 4.69) is 16.2 Å². The van der Waals surface area contributed by atoms with Crippen LogP contribution in [0.15, 0.2) is 47.1 Å². The highest BCUT2D eigenvalue weighted by atomic mass is 16.3. The van der Waals surface area contributed by atoms with Gasteiger partial charge in [-0.05, 0) is 38.0 Å². The summed E-state index contributed by atoms with van der Waals surface area (Å²) in [5.41, 5.74) is 5.84. The first-order chi connectivity index (χ1) is 13.0. The fourth-order valence-corrected chi connectivity index (χ4v) is 3.02.